The van der Waals surface area contributed by atoms with E-state index in [-0.39, 0.29) is 6.04 Å². The Morgan fingerprint density at radius 1 is 1.20 bits per heavy atom. The maximum absolute atomic E-state index is 13.0. The molecule has 0 radical (unpaired) electrons. The number of aliphatic carboxylic acids is 1. The molecule has 144 valence electrons. The molecule has 2 rings (SSSR count). The maximum Gasteiger partial charge on any atom is 0.394 e. The van der Waals surface area contributed by atoms with Gasteiger partial charge in [-0.05, 0) is 25.7 Å². The number of likely N-dealkylation sites (tertiary alicyclic amines) is 1. The Morgan fingerprint density at radius 2 is 1.84 bits per heavy atom. The molecule has 25 heavy (non-hydrogen) atoms. The molecule has 2 fully saturated rings. The zero-order valence-electron chi connectivity index (χ0n) is 14.5. The number of hydrogen-bond acceptors (Lipinski definition) is 2. The summed E-state index contributed by atoms with van der Waals surface area (Å²) in [6.07, 6.45) is 3.36. The first kappa shape index (κ1) is 19.8. The summed E-state index contributed by atoms with van der Waals surface area (Å²) in [4.78, 5) is 24.3. The van der Waals surface area contributed by atoms with Gasteiger partial charge in [0, 0.05) is 19.1 Å². The first-order valence-electron chi connectivity index (χ1n) is 9.03. The maximum atomic E-state index is 13.0. The van der Waals surface area contributed by atoms with Gasteiger partial charge in [-0.15, -0.1) is 0 Å². The molecular weight excluding hydrogens is 337 g/mol. The number of carboxylic acid groups (broad SMARTS) is 1. The summed E-state index contributed by atoms with van der Waals surface area (Å²) in [7, 11) is 0. The number of nitrogens with zero attached hydrogens (tertiary/aromatic N) is 1. The Kier molecular flexibility index (Phi) is 6.57. The highest BCUT2D eigenvalue weighted by molar-refractivity contribution is 5.78. The first-order valence-corrected chi connectivity index (χ1v) is 9.03. The molecule has 2 aliphatic rings. The minimum absolute atomic E-state index is 0.136. The fourth-order valence-corrected chi connectivity index (χ4v) is 3.89. The lowest BCUT2D eigenvalue weighted by molar-refractivity contribution is -0.187. The molecule has 1 heterocycles. The van der Waals surface area contributed by atoms with Gasteiger partial charge < -0.3 is 15.3 Å². The van der Waals surface area contributed by atoms with Crippen molar-refractivity contribution < 1.29 is 27.9 Å². The lowest BCUT2D eigenvalue weighted by atomic mass is 9.85. The Labute approximate surface area is 145 Å². The Balaban J connectivity index is 1.82. The molecule has 1 unspecified atom stereocenters. The summed E-state index contributed by atoms with van der Waals surface area (Å²) >= 11 is 0. The van der Waals surface area contributed by atoms with Gasteiger partial charge >= 0.3 is 18.2 Å². The van der Waals surface area contributed by atoms with E-state index in [1.54, 1.807) is 0 Å². The van der Waals surface area contributed by atoms with Crippen molar-refractivity contribution in [2.75, 3.05) is 13.1 Å². The number of carboxylic acids is 1. The van der Waals surface area contributed by atoms with Crippen molar-refractivity contribution in [3.8, 4) is 0 Å². The molecule has 1 aliphatic carbocycles. The number of nitrogens with one attached hydrogen (secondary N) is 1. The normalized spacial score (nSPS) is 26.5. The van der Waals surface area contributed by atoms with Gasteiger partial charge in [0.05, 0.1) is 11.8 Å². The second kappa shape index (κ2) is 8.27. The Bertz CT molecular complexity index is 478. The summed E-state index contributed by atoms with van der Waals surface area (Å²) in [5, 5.41) is 11.7. The smallest absolute Gasteiger partial charge is 0.394 e. The summed E-state index contributed by atoms with van der Waals surface area (Å²) < 4.78 is 38.9. The van der Waals surface area contributed by atoms with Crippen LogP contribution < -0.4 is 5.32 Å². The molecule has 0 spiro atoms. The average Bonchev–Trinajstić information content (AvgIpc) is 3.00. The summed E-state index contributed by atoms with van der Waals surface area (Å²) in [5.74, 6) is -4.44. The van der Waals surface area contributed by atoms with Crippen molar-refractivity contribution in [1.82, 2.24) is 10.2 Å². The third-order valence-corrected chi connectivity index (χ3v) is 5.45. The van der Waals surface area contributed by atoms with Crippen molar-refractivity contribution in [2.45, 2.75) is 64.1 Å². The number of urea groups is 1. The number of alkyl halides is 3. The minimum atomic E-state index is -4.62. The lowest BCUT2D eigenvalue weighted by Gasteiger charge is -2.25. The SMILES string of the molecule is CC(CCC1CCCCC1)NC(=O)N1C[C@@H](C(F)(F)F)[C@H](C(=O)O)C1. The topological polar surface area (TPSA) is 69.6 Å². The molecule has 2 N–H and O–H groups in total. The van der Waals surface area contributed by atoms with Crippen LogP contribution in [0.2, 0.25) is 0 Å². The standard InChI is InChI=1S/C17H27F3N2O3/c1-11(7-8-12-5-3-2-4-6-12)21-16(25)22-9-13(15(23)24)14(10-22)17(18,19)20/h11-14H,2-10H2,1H3,(H,21,25)(H,23,24)/t11?,13-,14-/m1/s1. The van der Waals surface area contributed by atoms with Crippen LogP contribution in [0.4, 0.5) is 18.0 Å². The van der Waals surface area contributed by atoms with Gasteiger partial charge in [0.2, 0.25) is 0 Å². The fourth-order valence-electron chi connectivity index (χ4n) is 3.89. The molecule has 1 aliphatic heterocycles. The quantitative estimate of drug-likeness (QED) is 0.782. The second-order valence-corrected chi connectivity index (χ2v) is 7.43. The number of carbonyl (C=O) groups excluding carboxylic acids is 1. The summed E-state index contributed by atoms with van der Waals surface area (Å²) in [6.45, 7) is 0.842. The van der Waals surface area contributed by atoms with Crippen LogP contribution in [0.25, 0.3) is 0 Å². The van der Waals surface area contributed by atoms with Crippen molar-refractivity contribution in [1.29, 1.82) is 0 Å². The van der Waals surface area contributed by atoms with E-state index in [1.165, 1.54) is 32.1 Å². The van der Waals surface area contributed by atoms with Crippen LogP contribution in [0.1, 0.15) is 51.9 Å². The monoisotopic (exact) mass is 364 g/mol. The van der Waals surface area contributed by atoms with Crippen LogP contribution in [-0.2, 0) is 4.79 Å². The molecule has 0 bridgehead atoms. The van der Waals surface area contributed by atoms with Crippen LogP contribution in [-0.4, -0.2) is 47.3 Å². The predicted molar refractivity (Wildman–Crippen MR) is 86.0 cm³/mol. The van der Waals surface area contributed by atoms with Crippen LogP contribution in [0.3, 0.4) is 0 Å². The minimum Gasteiger partial charge on any atom is -0.481 e. The largest absolute Gasteiger partial charge is 0.481 e. The molecule has 8 heteroatoms. The van der Waals surface area contributed by atoms with Crippen LogP contribution >= 0.6 is 0 Å². The van der Waals surface area contributed by atoms with Gasteiger partial charge in [-0.25, -0.2) is 4.79 Å². The van der Waals surface area contributed by atoms with Gasteiger partial charge in [0.1, 0.15) is 0 Å². The van der Waals surface area contributed by atoms with E-state index >= 15 is 0 Å². The van der Waals surface area contributed by atoms with Gasteiger partial charge in [-0.1, -0.05) is 32.1 Å². The molecule has 5 nitrogen and oxygen atoms in total. The van der Waals surface area contributed by atoms with E-state index < -0.39 is 43.1 Å². The van der Waals surface area contributed by atoms with E-state index in [1.807, 2.05) is 6.92 Å². The zero-order valence-corrected chi connectivity index (χ0v) is 14.5. The molecule has 1 saturated heterocycles. The summed E-state index contributed by atoms with van der Waals surface area (Å²) in [5.41, 5.74) is 0. The van der Waals surface area contributed by atoms with Crippen molar-refractivity contribution in [3.05, 3.63) is 0 Å². The molecule has 0 aromatic carbocycles. The molecule has 3 atom stereocenters. The van der Waals surface area contributed by atoms with Crippen LogP contribution in [0.5, 0.6) is 0 Å². The van der Waals surface area contributed by atoms with E-state index in [4.69, 9.17) is 5.11 Å². The van der Waals surface area contributed by atoms with Gasteiger partial charge in [-0.3, -0.25) is 4.79 Å². The highest BCUT2D eigenvalue weighted by Gasteiger charge is 2.53. The average molecular weight is 364 g/mol. The van der Waals surface area contributed by atoms with Gasteiger partial charge in [-0.2, -0.15) is 13.2 Å². The van der Waals surface area contributed by atoms with Crippen molar-refractivity contribution in [3.63, 3.8) is 0 Å². The van der Waals surface area contributed by atoms with E-state index in [0.29, 0.717) is 5.92 Å². The summed E-state index contributed by atoms with van der Waals surface area (Å²) in [6, 6.07) is -0.739. The highest BCUT2D eigenvalue weighted by atomic mass is 19.4. The second-order valence-electron chi connectivity index (χ2n) is 7.43. The number of halogens is 3. The molecule has 2 amide bonds. The van der Waals surface area contributed by atoms with Gasteiger partial charge in [0.25, 0.3) is 0 Å². The lowest BCUT2D eigenvalue weighted by Crippen LogP contribution is -2.43. The molecule has 0 aromatic heterocycles. The van der Waals surface area contributed by atoms with Gasteiger partial charge in [0.15, 0.2) is 0 Å². The number of carbonyl (C=O) groups is 2. The van der Waals surface area contributed by atoms with Crippen molar-refractivity contribution >= 4 is 12.0 Å². The predicted octanol–water partition coefficient (Wildman–Crippen LogP) is 3.64. The van der Waals surface area contributed by atoms with E-state index in [9.17, 15) is 22.8 Å². The Morgan fingerprint density at radius 3 is 2.36 bits per heavy atom. The van der Waals surface area contributed by atoms with Crippen LogP contribution in [0, 0.1) is 17.8 Å². The first-order chi connectivity index (χ1) is 11.7. The molecular formula is C17H27F3N2O3. The van der Waals surface area contributed by atoms with E-state index in [0.717, 1.165) is 17.7 Å². The van der Waals surface area contributed by atoms with Crippen LogP contribution in [0.15, 0.2) is 0 Å². The Hall–Kier alpha value is -1.47. The molecule has 1 saturated carbocycles. The fraction of sp³-hybridized carbons (Fsp3) is 0.882. The zero-order chi connectivity index (χ0) is 18.6. The number of amides is 2. The van der Waals surface area contributed by atoms with Crippen molar-refractivity contribution in [2.24, 2.45) is 17.8 Å². The molecule has 0 aromatic rings. The highest BCUT2D eigenvalue weighted by Crippen LogP contribution is 2.37. The third kappa shape index (κ3) is 5.51. The number of hydrogen-bond donors (Lipinski definition) is 2. The number of rotatable bonds is 5. The third-order valence-electron chi connectivity index (χ3n) is 5.45. The van der Waals surface area contributed by atoms with E-state index in [2.05, 4.69) is 5.32 Å².